The number of hydrogen-bond donors (Lipinski definition) is 2. The molecule has 1 amide bonds. The first-order chi connectivity index (χ1) is 13.3. The number of rotatable bonds is 7. The van der Waals surface area contributed by atoms with E-state index >= 15 is 0 Å². The van der Waals surface area contributed by atoms with Gasteiger partial charge >= 0.3 is 5.97 Å². The summed E-state index contributed by atoms with van der Waals surface area (Å²) >= 11 is 5.86. The lowest BCUT2D eigenvalue weighted by atomic mass is 10.1. The zero-order valence-electron chi connectivity index (χ0n) is 15.0. The minimum absolute atomic E-state index is 0.00421. The second-order valence-corrected chi connectivity index (χ2v) is 6.89. The van der Waals surface area contributed by atoms with Crippen molar-refractivity contribution in [2.45, 2.75) is 31.9 Å². The van der Waals surface area contributed by atoms with Gasteiger partial charge in [0.15, 0.2) is 6.10 Å². The number of anilines is 2. The van der Waals surface area contributed by atoms with Crippen molar-refractivity contribution in [3.63, 3.8) is 0 Å². The van der Waals surface area contributed by atoms with Crippen LogP contribution in [0, 0.1) is 10.1 Å². The maximum atomic E-state index is 12.3. The molecule has 0 radical (unpaired) electrons. The van der Waals surface area contributed by atoms with Crippen LogP contribution >= 0.6 is 11.6 Å². The predicted molar refractivity (Wildman–Crippen MR) is 105 cm³/mol. The highest BCUT2D eigenvalue weighted by Gasteiger charge is 2.26. The Labute approximate surface area is 166 Å². The number of nitro benzene ring substituents is 1. The standard InChI is InChI=1S/C19H18ClN3O5/c1-11(18(24)22-15-4-2-3-13(20)10-15)28-19(25)12-5-8-16(21-14-6-7-14)17(9-12)23(26)27/h2-5,8-11,14,21H,6-7H2,1H3,(H,22,24)/t11-/m0/s1. The Bertz CT molecular complexity index is 930. The van der Waals surface area contributed by atoms with E-state index in [9.17, 15) is 19.7 Å². The molecule has 28 heavy (non-hydrogen) atoms. The van der Waals surface area contributed by atoms with Gasteiger partial charge in [-0.1, -0.05) is 17.7 Å². The van der Waals surface area contributed by atoms with Crippen LogP contribution < -0.4 is 10.6 Å². The number of amides is 1. The van der Waals surface area contributed by atoms with E-state index in [0.717, 1.165) is 18.9 Å². The van der Waals surface area contributed by atoms with E-state index in [-0.39, 0.29) is 17.3 Å². The van der Waals surface area contributed by atoms with Gasteiger partial charge in [-0.25, -0.2) is 4.79 Å². The molecule has 1 aliphatic rings. The third-order valence-corrected chi connectivity index (χ3v) is 4.35. The van der Waals surface area contributed by atoms with Gasteiger partial charge in [0.1, 0.15) is 5.69 Å². The predicted octanol–water partition coefficient (Wildman–Crippen LogP) is 4.01. The lowest BCUT2D eigenvalue weighted by Gasteiger charge is -2.14. The molecule has 1 saturated carbocycles. The lowest BCUT2D eigenvalue weighted by Crippen LogP contribution is -2.30. The number of nitrogens with zero attached hydrogens (tertiary/aromatic N) is 1. The molecule has 0 bridgehead atoms. The number of carbonyl (C=O) groups is 2. The molecule has 2 N–H and O–H groups in total. The number of nitro groups is 1. The number of benzene rings is 2. The number of carbonyl (C=O) groups excluding carboxylic acids is 2. The van der Waals surface area contributed by atoms with Gasteiger partial charge in [-0.2, -0.15) is 0 Å². The molecule has 0 heterocycles. The summed E-state index contributed by atoms with van der Waals surface area (Å²) in [4.78, 5) is 35.3. The van der Waals surface area contributed by atoms with E-state index in [4.69, 9.17) is 16.3 Å². The van der Waals surface area contributed by atoms with Crippen molar-refractivity contribution < 1.29 is 19.2 Å². The number of ether oxygens (including phenoxy) is 1. The van der Waals surface area contributed by atoms with Gasteiger partial charge in [-0.05, 0) is 50.1 Å². The van der Waals surface area contributed by atoms with Crippen LogP contribution in [-0.4, -0.2) is 28.9 Å². The summed E-state index contributed by atoms with van der Waals surface area (Å²) in [7, 11) is 0. The van der Waals surface area contributed by atoms with Crippen LogP contribution in [0.3, 0.4) is 0 Å². The van der Waals surface area contributed by atoms with Crippen molar-refractivity contribution in [2.24, 2.45) is 0 Å². The fraction of sp³-hybridized carbons (Fsp3) is 0.263. The van der Waals surface area contributed by atoms with Gasteiger partial charge in [0.05, 0.1) is 10.5 Å². The number of hydrogen-bond acceptors (Lipinski definition) is 6. The molecule has 3 rings (SSSR count). The van der Waals surface area contributed by atoms with Crippen molar-refractivity contribution in [1.29, 1.82) is 0 Å². The molecule has 146 valence electrons. The van der Waals surface area contributed by atoms with Crippen molar-refractivity contribution in [2.75, 3.05) is 10.6 Å². The zero-order valence-corrected chi connectivity index (χ0v) is 15.7. The Balaban J connectivity index is 1.66. The number of halogens is 1. The van der Waals surface area contributed by atoms with Gasteiger partial charge in [-0.15, -0.1) is 0 Å². The first kappa shape index (κ1) is 19.6. The van der Waals surface area contributed by atoms with Crippen LogP contribution in [0.1, 0.15) is 30.1 Å². The van der Waals surface area contributed by atoms with Gasteiger partial charge in [0, 0.05) is 22.8 Å². The smallest absolute Gasteiger partial charge is 0.339 e. The van der Waals surface area contributed by atoms with E-state index in [1.165, 1.54) is 19.1 Å². The van der Waals surface area contributed by atoms with Crippen LogP contribution in [0.25, 0.3) is 0 Å². The Morgan fingerprint density at radius 2 is 2.00 bits per heavy atom. The second kappa shape index (κ2) is 8.26. The molecule has 1 fully saturated rings. The molecule has 1 aliphatic carbocycles. The first-order valence-electron chi connectivity index (χ1n) is 8.66. The summed E-state index contributed by atoms with van der Waals surface area (Å²) in [5, 5.41) is 17.4. The lowest BCUT2D eigenvalue weighted by molar-refractivity contribution is -0.384. The minimum atomic E-state index is -1.10. The number of esters is 1. The third-order valence-electron chi connectivity index (χ3n) is 4.11. The summed E-state index contributed by atoms with van der Waals surface area (Å²) in [6.45, 7) is 1.41. The molecule has 0 spiro atoms. The summed E-state index contributed by atoms with van der Waals surface area (Å²) in [6.07, 6.45) is 0.815. The highest BCUT2D eigenvalue weighted by atomic mass is 35.5. The topological polar surface area (TPSA) is 111 Å². The maximum absolute atomic E-state index is 12.3. The number of nitrogens with one attached hydrogen (secondary N) is 2. The van der Waals surface area contributed by atoms with Crippen LogP contribution in [0.4, 0.5) is 17.1 Å². The molecule has 2 aromatic carbocycles. The minimum Gasteiger partial charge on any atom is -0.449 e. The van der Waals surface area contributed by atoms with Crippen LogP contribution in [0.15, 0.2) is 42.5 Å². The van der Waals surface area contributed by atoms with Crippen molar-refractivity contribution in [1.82, 2.24) is 0 Å². The van der Waals surface area contributed by atoms with Gasteiger partial charge < -0.3 is 15.4 Å². The molecule has 0 aliphatic heterocycles. The van der Waals surface area contributed by atoms with Crippen molar-refractivity contribution in [3.8, 4) is 0 Å². The average Bonchev–Trinajstić information content (AvgIpc) is 3.45. The summed E-state index contributed by atoms with van der Waals surface area (Å²) in [5.74, 6) is -1.37. The zero-order chi connectivity index (χ0) is 20.3. The van der Waals surface area contributed by atoms with Crippen molar-refractivity contribution in [3.05, 3.63) is 63.2 Å². The average molecular weight is 404 g/mol. The first-order valence-corrected chi connectivity index (χ1v) is 9.03. The SMILES string of the molecule is C[C@H](OC(=O)c1ccc(NC2CC2)c([N+](=O)[O-])c1)C(=O)Nc1cccc(Cl)c1. The molecule has 0 unspecified atom stereocenters. The van der Waals surface area contributed by atoms with E-state index in [0.29, 0.717) is 16.4 Å². The summed E-state index contributed by atoms with van der Waals surface area (Å²) < 4.78 is 5.14. The molecule has 0 aromatic heterocycles. The van der Waals surface area contributed by atoms with Gasteiger partial charge in [0.2, 0.25) is 0 Å². The van der Waals surface area contributed by atoms with E-state index in [2.05, 4.69) is 10.6 Å². The highest BCUT2D eigenvalue weighted by molar-refractivity contribution is 6.30. The fourth-order valence-electron chi connectivity index (χ4n) is 2.47. The molecule has 1 atom stereocenters. The van der Waals surface area contributed by atoms with Gasteiger partial charge in [-0.3, -0.25) is 14.9 Å². The second-order valence-electron chi connectivity index (χ2n) is 6.45. The van der Waals surface area contributed by atoms with Crippen LogP contribution in [0.5, 0.6) is 0 Å². The fourth-order valence-corrected chi connectivity index (χ4v) is 2.66. The highest BCUT2D eigenvalue weighted by Crippen LogP contribution is 2.31. The largest absolute Gasteiger partial charge is 0.449 e. The monoisotopic (exact) mass is 403 g/mol. The van der Waals surface area contributed by atoms with Crippen LogP contribution in [0.2, 0.25) is 5.02 Å². The van der Waals surface area contributed by atoms with E-state index in [1.807, 2.05) is 0 Å². The summed E-state index contributed by atoms with van der Waals surface area (Å²) in [6, 6.07) is 10.8. The molecule has 0 saturated heterocycles. The maximum Gasteiger partial charge on any atom is 0.339 e. The third kappa shape index (κ3) is 4.98. The Kier molecular flexibility index (Phi) is 5.79. The Morgan fingerprint density at radius 1 is 1.25 bits per heavy atom. The molecule has 9 heteroatoms. The molecular formula is C19H18ClN3O5. The molecule has 8 nitrogen and oxygen atoms in total. The quantitative estimate of drug-likeness (QED) is 0.410. The molecule has 2 aromatic rings. The summed E-state index contributed by atoms with van der Waals surface area (Å²) in [5.41, 5.74) is 0.607. The van der Waals surface area contributed by atoms with E-state index in [1.54, 1.807) is 24.3 Å². The Hall–Kier alpha value is -3.13. The van der Waals surface area contributed by atoms with Crippen LogP contribution in [-0.2, 0) is 9.53 Å². The van der Waals surface area contributed by atoms with Crippen molar-refractivity contribution >= 4 is 40.5 Å². The van der Waals surface area contributed by atoms with Gasteiger partial charge in [0.25, 0.3) is 11.6 Å². The molecular weight excluding hydrogens is 386 g/mol. The normalized spacial score (nSPS) is 14.1. The Morgan fingerprint density at radius 3 is 2.64 bits per heavy atom. The van der Waals surface area contributed by atoms with E-state index < -0.39 is 22.9 Å².